The van der Waals surface area contributed by atoms with Crippen LogP contribution in [0, 0.1) is 0 Å². The summed E-state index contributed by atoms with van der Waals surface area (Å²) in [6.07, 6.45) is 6.65. The molecular formula is C29H34N4O. The van der Waals surface area contributed by atoms with Gasteiger partial charge in [-0.3, -0.25) is 4.79 Å². The number of para-hydroxylation sites is 1. The van der Waals surface area contributed by atoms with Gasteiger partial charge < -0.3 is 10.3 Å². The number of hydrogen-bond acceptors (Lipinski definition) is 3. The van der Waals surface area contributed by atoms with Gasteiger partial charge in [-0.1, -0.05) is 70.4 Å². The number of rotatable bonds is 5. The molecule has 0 unspecified atom stereocenters. The monoisotopic (exact) mass is 454 g/mol. The van der Waals surface area contributed by atoms with E-state index in [0.29, 0.717) is 18.0 Å². The van der Waals surface area contributed by atoms with Crippen LogP contribution in [0.25, 0.3) is 16.7 Å². The molecule has 0 aliphatic heterocycles. The first kappa shape index (κ1) is 22.5. The SMILES string of the molecule is CC(C)(C)c1nn(-c2ccccc2)c2[nH]c(=O)c(CNc3ccc(C4CCCCC4)cc3)cc12. The maximum absolute atomic E-state index is 13.0. The fourth-order valence-electron chi connectivity index (χ4n) is 5.06. The Labute approximate surface area is 201 Å². The smallest absolute Gasteiger partial charge is 0.254 e. The molecule has 0 bridgehead atoms. The van der Waals surface area contributed by atoms with E-state index in [2.05, 4.69) is 55.3 Å². The molecule has 1 saturated carbocycles. The van der Waals surface area contributed by atoms with E-state index in [1.54, 1.807) is 0 Å². The first-order valence-corrected chi connectivity index (χ1v) is 12.4. The van der Waals surface area contributed by atoms with Gasteiger partial charge in [0.2, 0.25) is 0 Å². The quantitative estimate of drug-likeness (QED) is 0.354. The van der Waals surface area contributed by atoms with E-state index in [4.69, 9.17) is 5.10 Å². The highest BCUT2D eigenvalue weighted by Crippen LogP contribution is 2.33. The minimum atomic E-state index is -0.157. The second-order valence-electron chi connectivity index (χ2n) is 10.5. The molecule has 0 amide bonds. The Morgan fingerprint density at radius 2 is 1.71 bits per heavy atom. The van der Waals surface area contributed by atoms with E-state index >= 15 is 0 Å². The number of aromatic nitrogens is 3. The summed E-state index contributed by atoms with van der Waals surface area (Å²) in [4.78, 5) is 16.1. The zero-order valence-electron chi connectivity index (χ0n) is 20.4. The third-order valence-electron chi connectivity index (χ3n) is 6.95. The summed E-state index contributed by atoms with van der Waals surface area (Å²) in [5, 5.41) is 9.34. The van der Waals surface area contributed by atoms with Crippen LogP contribution in [0.2, 0.25) is 0 Å². The van der Waals surface area contributed by atoms with E-state index in [0.717, 1.165) is 28.1 Å². The molecule has 2 heterocycles. The van der Waals surface area contributed by atoms with Crippen molar-refractivity contribution in [3.8, 4) is 5.69 Å². The Balaban J connectivity index is 1.43. The van der Waals surface area contributed by atoms with Gasteiger partial charge in [-0.15, -0.1) is 0 Å². The first-order chi connectivity index (χ1) is 16.4. The van der Waals surface area contributed by atoms with E-state index in [1.807, 2.05) is 41.1 Å². The van der Waals surface area contributed by atoms with Gasteiger partial charge in [0.15, 0.2) is 0 Å². The highest BCUT2D eigenvalue weighted by Gasteiger charge is 2.24. The Morgan fingerprint density at radius 1 is 1.00 bits per heavy atom. The lowest BCUT2D eigenvalue weighted by Crippen LogP contribution is -2.17. The molecule has 1 fully saturated rings. The summed E-state index contributed by atoms with van der Waals surface area (Å²) in [5.41, 5.74) is 5.59. The van der Waals surface area contributed by atoms with Gasteiger partial charge in [0, 0.05) is 28.6 Å². The zero-order valence-corrected chi connectivity index (χ0v) is 20.4. The molecule has 0 saturated heterocycles. The van der Waals surface area contributed by atoms with Crippen molar-refractivity contribution < 1.29 is 0 Å². The van der Waals surface area contributed by atoms with Crippen LogP contribution in [0.5, 0.6) is 0 Å². The summed E-state index contributed by atoms with van der Waals surface area (Å²) in [7, 11) is 0. The van der Waals surface area contributed by atoms with E-state index in [9.17, 15) is 4.79 Å². The van der Waals surface area contributed by atoms with Gasteiger partial charge in [-0.25, -0.2) is 4.68 Å². The topological polar surface area (TPSA) is 62.7 Å². The second kappa shape index (κ2) is 9.13. The summed E-state index contributed by atoms with van der Waals surface area (Å²) in [6.45, 7) is 6.93. The normalized spacial score (nSPS) is 15.0. The number of fused-ring (bicyclic) bond motifs is 1. The Bertz CT molecular complexity index is 1320. The summed E-state index contributed by atoms with van der Waals surface area (Å²) >= 11 is 0. The molecule has 34 heavy (non-hydrogen) atoms. The Kier molecular flexibility index (Phi) is 6.03. The number of nitrogens with zero attached hydrogens (tertiary/aromatic N) is 2. The number of H-pyrrole nitrogens is 1. The molecule has 176 valence electrons. The third kappa shape index (κ3) is 4.52. The maximum Gasteiger partial charge on any atom is 0.254 e. The van der Waals surface area contributed by atoms with Crippen molar-refractivity contribution in [2.75, 3.05) is 5.32 Å². The molecule has 0 spiro atoms. The zero-order chi connectivity index (χ0) is 23.7. The average molecular weight is 455 g/mol. The van der Waals surface area contributed by atoms with Crippen LogP contribution in [0.4, 0.5) is 5.69 Å². The molecule has 1 aliphatic rings. The fraction of sp³-hybridized carbons (Fsp3) is 0.379. The van der Waals surface area contributed by atoms with E-state index < -0.39 is 0 Å². The standard InChI is InChI=1S/C29H34N4O/c1-29(2,3)26-25-18-22(28(34)31-27(25)33(32-26)24-12-8-5-9-13-24)19-30-23-16-14-21(15-17-23)20-10-6-4-7-11-20/h5,8-9,12-18,20,30H,4,6-7,10-11,19H2,1-3H3,(H,31,34). The number of hydrogen-bond donors (Lipinski definition) is 2. The molecule has 4 aromatic rings. The summed E-state index contributed by atoms with van der Waals surface area (Å²) < 4.78 is 1.85. The molecule has 5 nitrogen and oxygen atoms in total. The van der Waals surface area contributed by atoms with Crippen molar-refractivity contribution in [1.29, 1.82) is 0 Å². The minimum absolute atomic E-state index is 0.0867. The van der Waals surface area contributed by atoms with Crippen molar-refractivity contribution in [3.63, 3.8) is 0 Å². The van der Waals surface area contributed by atoms with Crippen LogP contribution >= 0.6 is 0 Å². The minimum Gasteiger partial charge on any atom is -0.381 e. The molecule has 2 N–H and O–H groups in total. The molecule has 1 aliphatic carbocycles. The third-order valence-corrected chi connectivity index (χ3v) is 6.95. The number of pyridine rings is 1. The van der Waals surface area contributed by atoms with Gasteiger partial charge in [0.25, 0.3) is 5.56 Å². The lowest BCUT2D eigenvalue weighted by Gasteiger charge is -2.22. The van der Waals surface area contributed by atoms with Gasteiger partial charge in [0.1, 0.15) is 5.65 Å². The Morgan fingerprint density at radius 3 is 2.38 bits per heavy atom. The van der Waals surface area contributed by atoms with Crippen LogP contribution in [-0.4, -0.2) is 14.8 Å². The van der Waals surface area contributed by atoms with Crippen molar-refractivity contribution in [2.24, 2.45) is 0 Å². The first-order valence-electron chi connectivity index (χ1n) is 12.4. The number of aromatic amines is 1. The van der Waals surface area contributed by atoms with Gasteiger partial charge in [-0.2, -0.15) is 5.10 Å². The van der Waals surface area contributed by atoms with Crippen LogP contribution in [0.3, 0.4) is 0 Å². The van der Waals surface area contributed by atoms with E-state index in [-0.39, 0.29) is 11.0 Å². The van der Waals surface area contributed by atoms with Gasteiger partial charge in [-0.05, 0) is 54.7 Å². The van der Waals surface area contributed by atoms with Crippen molar-refractivity contribution >= 4 is 16.7 Å². The molecule has 5 rings (SSSR count). The number of benzene rings is 2. The van der Waals surface area contributed by atoms with E-state index in [1.165, 1.54) is 37.7 Å². The van der Waals surface area contributed by atoms with Gasteiger partial charge >= 0.3 is 0 Å². The molecular weight excluding hydrogens is 420 g/mol. The van der Waals surface area contributed by atoms with Crippen molar-refractivity contribution in [3.05, 3.63) is 87.8 Å². The summed E-state index contributed by atoms with van der Waals surface area (Å²) in [6, 6.07) is 20.7. The van der Waals surface area contributed by atoms with Crippen LogP contribution in [-0.2, 0) is 12.0 Å². The molecule has 5 heteroatoms. The van der Waals surface area contributed by atoms with Crippen LogP contribution < -0.4 is 10.9 Å². The molecule has 0 radical (unpaired) electrons. The lowest BCUT2D eigenvalue weighted by atomic mass is 9.84. The average Bonchev–Trinajstić information content (AvgIpc) is 3.23. The van der Waals surface area contributed by atoms with Crippen LogP contribution in [0.15, 0.2) is 65.5 Å². The predicted octanol–water partition coefficient (Wildman–Crippen LogP) is 6.67. The highest BCUT2D eigenvalue weighted by atomic mass is 16.1. The molecule has 2 aromatic carbocycles. The van der Waals surface area contributed by atoms with Crippen LogP contribution in [0.1, 0.15) is 75.6 Å². The number of anilines is 1. The predicted molar refractivity (Wildman–Crippen MR) is 140 cm³/mol. The Hall–Kier alpha value is -3.34. The number of nitrogens with one attached hydrogen (secondary N) is 2. The maximum atomic E-state index is 13.0. The lowest BCUT2D eigenvalue weighted by molar-refractivity contribution is 0.443. The fourth-order valence-corrected chi connectivity index (χ4v) is 5.06. The highest BCUT2D eigenvalue weighted by molar-refractivity contribution is 5.81. The van der Waals surface area contributed by atoms with Crippen molar-refractivity contribution in [2.45, 2.75) is 70.8 Å². The molecule has 0 atom stereocenters. The van der Waals surface area contributed by atoms with Gasteiger partial charge in [0.05, 0.1) is 11.4 Å². The van der Waals surface area contributed by atoms with Crippen molar-refractivity contribution in [1.82, 2.24) is 14.8 Å². The largest absolute Gasteiger partial charge is 0.381 e. The second-order valence-corrected chi connectivity index (χ2v) is 10.5. The molecule has 2 aromatic heterocycles. The summed E-state index contributed by atoms with van der Waals surface area (Å²) in [5.74, 6) is 0.699.